The van der Waals surface area contributed by atoms with Crippen molar-refractivity contribution in [1.29, 1.82) is 0 Å². The van der Waals surface area contributed by atoms with Gasteiger partial charge in [0.2, 0.25) is 0 Å². The number of hydrogen-bond acceptors (Lipinski definition) is 1. The molecule has 1 fully saturated rings. The standard InChI is InChI=1S/C17H14BrFO/c18-14-8-9-16(19)15(10-14)17(20)13-6-4-12(5-7-13)11-2-1-3-11/h4-11H,1-3H2. The van der Waals surface area contributed by atoms with Crippen molar-refractivity contribution < 1.29 is 9.18 Å². The van der Waals surface area contributed by atoms with Crippen LogP contribution in [0, 0.1) is 5.82 Å². The van der Waals surface area contributed by atoms with Gasteiger partial charge in [-0.2, -0.15) is 0 Å². The van der Waals surface area contributed by atoms with Gasteiger partial charge < -0.3 is 0 Å². The fraction of sp³-hybridized carbons (Fsp3) is 0.235. The highest BCUT2D eigenvalue weighted by Gasteiger charge is 2.20. The van der Waals surface area contributed by atoms with Gasteiger partial charge in [0.05, 0.1) is 5.56 Å². The first-order valence-corrected chi connectivity index (χ1v) is 7.54. The van der Waals surface area contributed by atoms with Gasteiger partial charge in [0.25, 0.3) is 0 Å². The van der Waals surface area contributed by atoms with Gasteiger partial charge in [0, 0.05) is 10.0 Å². The average Bonchev–Trinajstić information content (AvgIpc) is 2.40. The molecule has 0 heterocycles. The molecule has 0 bridgehead atoms. The first kappa shape index (κ1) is 13.5. The molecule has 2 aromatic carbocycles. The normalized spacial score (nSPS) is 14.9. The maximum atomic E-state index is 13.7. The Kier molecular flexibility index (Phi) is 3.70. The van der Waals surface area contributed by atoms with E-state index in [0.717, 1.165) is 0 Å². The summed E-state index contributed by atoms with van der Waals surface area (Å²) in [6.45, 7) is 0. The third kappa shape index (κ3) is 2.55. The largest absolute Gasteiger partial charge is 0.288 e. The summed E-state index contributed by atoms with van der Waals surface area (Å²) in [4.78, 5) is 12.3. The van der Waals surface area contributed by atoms with E-state index in [9.17, 15) is 9.18 Å². The molecule has 1 saturated carbocycles. The van der Waals surface area contributed by atoms with E-state index in [1.54, 1.807) is 18.2 Å². The summed E-state index contributed by atoms with van der Waals surface area (Å²) >= 11 is 3.27. The van der Waals surface area contributed by atoms with Crippen LogP contribution in [-0.2, 0) is 0 Å². The molecule has 3 heteroatoms. The fourth-order valence-electron chi connectivity index (χ4n) is 2.48. The van der Waals surface area contributed by atoms with Crippen molar-refractivity contribution in [3.05, 3.63) is 69.4 Å². The van der Waals surface area contributed by atoms with E-state index in [4.69, 9.17) is 0 Å². The summed E-state index contributed by atoms with van der Waals surface area (Å²) in [6.07, 6.45) is 3.75. The van der Waals surface area contributed by atoms with Gasteiger partial charge in [-0.25, -0.2) is 4.39 Å². The zero-order valence-electron chi connectivity index (χ0n) is 10.9. The molecule has 2 aromatic rings. The summed E-state index contributed by atoms with van der Waals surface area (Å²) in [7, 11) is 0. The van der Waals surface area contributed by atoms with E-state index in [0.29, 0.717) is 16.0 Å². The SMILES string of the molecule is O=C(c1ccc(C2CCC2)cc1)c1cc(Br)ccc1F. The maximum Gasteiger partial charge on any atom is 0.196 e. The molecular weight excluding hydrogens is 319 g/mol. The summed E-state index contributed by atoms with van der Waals surface area (Å²) in [5.74, 6) is -0.119. The topological polar surface area (TPSA) is 17.1 Å². The molecule has 1 aliphatic carbocycles. The minimum absolute atomic E-state index is 0.107. The smallest absolute Gasteiger partial charge is 0.196 e. The number of carbonyl (C=O) groups is 1. The molecule has 0 radical (unpaired) electrons. The highest BCUT2D eigenvalue weighted by atomic mass is 79.9. The highest BCUT2D eigenvalue weighted by Crippen LogP contribution is 2.36. The van der Waals surface area contributed by atoms with Crippen LogP contribution in [0.4, 0.5) is 4.39 Å². The Morgan fingerprint density at radius 3 is 2.40 bits per heavy atom. The molecule has 0 unspecified atom stereocenters. The van der Waals surface area contributed by atoms with Crippen molar-refractivity contribution >= 4 is 21.7 Å². The number of rotatable bonds is 3. The highest BCUT2D eigenvalue weighted by molar-refractivity contribution is 9.10. The van der Waals surface area contributed by atoms with E-state index >= 15 is 0 Å². The molecule has 0 atom stereocenters. The summed E-state index contributed by atoms with van der Waals surface area (Å²) in [5, 5.41) is 0. The number of hydrogen-bond donors (Lipinski definition) is 0. The fourth-order valence-corrected chi connectivity index (χ4v) is 2.84. The molecule has 0 saturated heterocycles. The molecule has 0 amide bonds. The molecular formula is C17H14BrFO. The van der Waals surface area contributed by atoms with E-state index in [2.05, 4.69) is 15.9 Å². The first-order valence-electron chi connectivity index (χ1n) is 6.75. The molecule has 0 aliphatic heterocycles. The van der Waals surface area contributed by atoms with E-state index < -0.39 is 5.82 Å². The zero-order valence-corrected chi connectivity index (χ0v) is 12.5. The van der Waals surface area contributed by atoms with E-state index in [1.807, 2.05) is 12.1 Å². The van der Waals surface area contributed by atoms with E-state index in [-0.39, 0.29) is 11.3 Å². The van der Waals surface area contributed by atoms with Crippen molar-refractivity contribution in [3.63, 3.8) is 0 Å². The van der Waals surface area contributed by atoms with Gasteiger partial charge in [-0.3, -0.25) is 4.79 Å². The lowest BCUT2D eigenvalue weighted by Crippen LogP contribution is -2.09. The Hall–Kier alpha value is -1.48. The van der Waals surface area contributed by atoms with Crippen LogP contribution >= 0.6 is 15.9 Å². The molecule has 102 valence electrons. The Morgan fingerprint density at radius 2 is 1.80 bits per heavy atom. The minimum Gasteiger partial charge on any atom is -0.288 e. The van der Waals surface area contributed by atoms with Gasteiger partial charge in [0.1, 0.15) is 5.82 Å². The van der Waals surface area contributed by atoms with Crippen LogP contribution in [0.5, 0.6) is 0 Å². The molecule has 20 heavy (non-hydrogen) atoms. The number of carbonyl (C=O) groups excluding carboxylic acids is 1. The van der Waals surface area contributed by atoms with Crippen LogP contribution < -0.4 is 0 Å². The second kappa shape index (κ2) is 5.49. The van der Waals surface area contributed by atoms with Crippen molar-refractivity contribution in [3.8, 4) is 0 Å². The lowest BCUT2D eigenvalue weighted by atomic mass is 9.80. The van der Waals surface area contributed by atoms with Crippen molar-refractivity contribution in [2.45, 2.75) is 25.2 Å². The van der Waals surface area contributed by atoms with Crippen molar-refractivity contribution in [2.24, 2.45) is 0 Å². The molecule has 3 rings (SSSR count). The lowest BCUT2D eigenvalue weighted by molar-refractivity contribution is 0.103. The second-order valence-electron chi connectivity index (χ2n) is 5.20. The van der Waals surface area contributed by atoms with Gasteiger partial charge >= 0.3 is 0 Å². The summed E-state index contributed by atoms with van der Waals surface area (Å²) in [6, 6.07) is 12.0. The predicted octanol–water partition coefficient (Wildman–Crippen LogP) is 5.09. The summed E-state index contributed by atoms with van der Waals surface area (Å²) < 4.78 is 14.4. The lowest BCUT2D eigenvalue weighted by Gasteiger charge is -2.25. The Bertz CT molecular complexity index is 645. The predicted molar refractivity (Wildman–Crippen MR) is 80.6 cm³/mol. The average molecular weight is 333 g/mol. The van der Waals surface area contributed by atoms with E-state index in [1.165, 1.54) is 37.0 Å². The van der Waals surface area contributed by atoms with Crippen LogP contribution in [0.3, 0.4) is 0 Å². The third-order valence-electron chi connectivity index (χ3n) is 3.92. The number of benzene rings is 2. The van der Waals surface area contributed by atoms with Crippen molar-refractivity contribution in [1.82, 2.24) is 0 Å². The number of ketones is 1. The Balaban J connectivity index is 1.88. The Morgan fingerprint density at radius 1 is 1.10 bits per heavy atom. The minimum atomic E-state index is -0.485. The van der Waals surface area contributed by atoms with Crippen LogP contribution in [0.2, 0.25) is 0 Å². The molecule has 0 aromatic heterocycles. The third-order valence-corrected chi connectivity index (χ3v) is 4.42. The molecule has 1 aliphatic rings. The molecule has 0 N–H and O–H groups in total. The zero-order chi connectivity index (χ0) is 14.1. The van der Waals surface area contributed by atoms with Crippen LogP contribution in [0.15, 0.2) is 46.9 Å². The van der Waals surface area contributed by atoms with Crippen molar-refractivity contribution in [2.75, 3.05) is 0 Å². The second-order valence-corrected chi connectivity index (χ2v) is 6.12. The first-order chi connectivity index (χ1) is 9.65. The molecule has 0 spiro atoms. The monoisotopic (exact) mass is 332 g/mol. The van der Waals surface area contributed by atoms with Crippen LogP contribution in [0.25, 0.3) is 0 Å². The number of halogens is 2. The maximum absolute atomic E-state index is 13.7. The van der Waals surface area contributed by atoms with Gasteiger partial charge in [-0.1, -0.05) is 46.6 Å². The van der Waals surface area contributed by atoms with Gasteiger partial charge in [0.15, 0.2) is 5.78 Å². The Labute approximate surface area is 126 Å². The summed E-state index contributed by atoms with van der Waals surface area (Å²) in [5.41, 5.74) is 1.92. The quantitative estimate of drug-likeness (QED) is 0.716. The van der Waals surface area contributed by atoms with Crippen LogP contribution in [-0.4, -0.2) is 5.78 Å². The van der Waals surface area contributed by atoms with Gasteiger partial charge in [-0.05, 0) is 42.5 Å². The van der Waals surface area contributed by atoms with Crippen LogP contribution in [0.1, 0.15) is 46.7 Å². The molecule has 1 nitrogen and oxygen atoms in total. The van der Waals surface area contributed by atoms with Gasteiger partial charge in [-0.15, -0.1) is 0 Å².